The second-order valence-electron chi connectivity index (χ2n) is 7.64. The average molecular weight is 428 g/mol. The molecule has 0 saturated heterocycles. The second-order valence-corrected chi connectivity index (χ2v) is 7.64. The molecule has 4 aromatic rings. The highest BCUT2D eigenvalue weighted by molar-refractivity contribution is 5.96. The second kappa shape index (κ2) is 9.47. The molecule has 6 nitrogen and oxygen atoms in total. The van der Waals surface area contributed by atoms with Crippen molar-refractivity contribution < 1.29 is 9.53 Å². The number of hydrogen-bond donors (Lipinski definition) is 1. The molecule has 0 unspecified atom stereocenters. The van der Waals surface area contributed by atoms with Gasteiger partial charge < -0.3 is 10.1 Å². The summed E-state index contributed by atoms with van der Waals surface area (Å²) in [7, 11) is 0. The van der Waals surface area contributed by atoms with Gasteiger partial charge in [-0.15, -0.1) is 0 Å². The van der Waals surface area contributed by atoms with Crippen LogP contribution < -0.4 is 15.6 Å². The van der Waals surface area contributed by atoms with Crippen LogP contribution >= 0.6 is 0 Å². The molecule has 32 heavy (non-hydrogen) atoms. The third kappa shape index (κ3) is 4.70. The highest BCUT2D eigenvalue weighted by Gasteiger charge is 2.19. The van der Waals surface area contributed by atoms with E-state index in [0.29, 0.717) is 29.2 Å². The Morgan fingerprint density at radius 1 is 1.06 bits per heavy atom. The number of anilines is 1. The normalized spacial score (nSPS) is 11.8. The number of amides is 1. The van der Waals surface area contributed by atoms with E-state index >= 15 is 0 Å². The fourth-order valence-electron chi connectivity index (χ4n) is 3.65. The van der Waals surface area contributed by atoms with Gasteiger partial charge in [-0.25, -0.2) is 4.98 Å². The Kier molecular flexibility index (Phi) is 6.31. The van der Waals surface area contributed by atoms with Gasteiger partial charge in [-0.05, 0) is 42.7 Å². The van der Waals surface area contributed by atoms with Gasteiger partial charge in [-0.1, -0.05) is 49.4 Å². The highest BCUT2D eigenvalue weighted by Crippen LogP contribution is 2.26. The Morgan fingerprint density at radius 3 is 2.62 bits per heavy atom. The van der Waals surface area contributed by atoms with Crippen LogP contribution in [0.1, 0.15) is 36.1 Å². The number of carbonyl (C=O) groups is 1. The van der Waals surface area contributed by atoms with Crippen molar-refractivity contribution in [3.63, 3.8) is 0 Å². The first-order chi connectivity index (χ1) is 15.5. The zero-order chi connectivity index (χ0) is 22.5. The molecule has 1 atom stereocenters. The molecule has 1 N–H and O–H groups in total. The largest absolute Gasteiger partial charge is 0.487 e. The van der Waals surface area contributed by atoms with Gasteiger partial charge in [-0.2, -0.15) is 0 Å². The van der Waals surface area contributed by atoms with Gasteiger partial charge in [0.2, 0.25) is 5.91 Å². The number of rotatable bonds is 7. The topological polar surface area (TPSA) is 72.7 Å². The first-order valence-corrected chi connectivity index (χ1v) is 10.6. The minimum absolute atomic E-state index is 0.0577. The maximum Gasteiger partial charge on any atom is 0.258 e. The van der Waals surface area contributed by atoms with Crippen LogP contribution in [0, 0.1) is 6.92 Å². The number of aromatic nitrogens is 2. The van der Waals surface area contributed by atoms with E-state index in [-0.39, 0.29) is 24.0 Å². The van der Waals surface area contributed by atoms with Gasteiger partial charge in [0.15, 0.2) is 0 Å². The van der Waals surface area contributed by atoms with Crippen molar-refractivity contribution in [2.75, 3.05) is 5.32 Å². The molecule has 0 radical (unpaired) electrons. The summed E-state index contributed by atoms with van der Waals surface area (Å²) in [5.74, 6) is 0.347. The fraction of sp³-hybridized carbons (Fsp3) is 0.192. The maximum absolute atomic E-state index is 12.9. The maximum atomic E-state index is 12.9. The van der Waals surface area contributed by atoms with Crippen molar-refractivity contribution in [3.8, 4) is 5.75 Å². The lowest BCUT2D eigenvalue weighted by atomic mass is 9.95. The molecule has 2 aromatic heterocycles. The first-order valence-electron chi connectivity index (χ1n) is 10.6. The van der Waals surface area contributed by atoms with Crippen molar-refractivity contribution in [1.82, 2.24) is 9.38 Å². The summed E-state index contributed by atoms with van der Waals surface area (Å²) in [6, 6.07) is 22.2. The summed E-state index contributed by atoms with van der Waals surface area (Å²) in [5.41, 5.74) is 3.54. The highest BCUT2D eigenvalue weighted by atomic mass is 16.5. The summed E-state index contributed by atoms with van der Waals surface area (Å²) in [5, 5.41) is 3.00. The van der Waals surface area contributed by atoms with E-state index in [2.05, 4.69) is 10.3 Å². The third-order valence-corrected chi connectivity index (χ3v) is 5.38. The monoisotopic (exact) mass is 427 g/mol. The van der Waals surface area contributed by atoms with Crippen LogP contribution in [0.4, 0.5) is 5.69 Å². The molecular formula is C26H25N3O3. The summed E-state index contributed by atoms with van der Waals surface area (Å²) in [4.78, 5) is 29.7. The lowest BCUT2D eigenvalue weighted by Crippen LogP contribution is -2.20. The molecule has 162 valence electrons. The number of aryl methyl sites for hydroxylation is 1. The van der Waals surface area contributed by atoms with Crippen LogP contribution in [0.15, 0.2) is 83.8 Å². The minimum atomic E-state index is -0.225. The summed E-state index contributed by atoms with van der Waals surface area (Å²) in [6.07, 6.45) is 2.39. The van der Waals surface area contributed by atoms with Gasteiger partial charge in [-0.3, -0.25) is 14.0 Å². The predicted octanol–water partition coefficient (Wildman–Crippen LogP) is 4.71. The summed E-state index contributed by atoms with van der Waals surface area (Å²) in [6.45, 7) is 4.09. The Bertz CT molecular complexity index is 1300. The molecule has 0 aliphatic heterocycles. The van der Waals surface area contributed by atoms with Crippen LogP contribution in [0.2, 0.25) is 0 Å². The molecular weight excluding hydrogens is 402 g/mol. The number of ether oxygens (including phenoxy) is 1. The van der Waals surface area contributed by atoms with E-state index < -0.39 is 0 Å². The van der Waals surface area contributed by atoms with Crippen LogP contribution in [0.3, 0.4) is 0 Å². The Labute approximate surface area is 186 Å². The van der Waals surface area contributed by atoms with Crippen molar-refractivity contribution >= 4 is 17.2 Å². The van der Waals surface area contributed by atoms with Gasteiger partial charge in [0, 0.05) is 24.0 Å². The number of carbonyl (C=O) groups excluding carboxylic acids is 1. The summed E-state index contributed by atoms with van der Waals surface area (Å²) < 4.78 is 7.45. The van der Waals surface area contributed by atoms with E-state index in [4.69, 9.17) is 4.74 Å². The van der Waals surface area contributed by atoms with Crippen LogP contribution in [-0.2, 0) is 11.4 Å². The Balaban J connectivity index is 1.49. The number of pyridine rings is 1. The van der Waals surface area contributed by atoms with E-state index in [1.165, 1.54) is 10.5 Å². The molecule has 0 saturated carbocycles. The van der Waals surface area contributed by atoms with E-state index in [0.717, 1.165) is 11.1 Å². The van der Waals surface area contributed by atoms with Crippen molar-refractivity contribution in [2.45, 2.75) is 32.8 Å². The van der Waals surface area contributed by atoms with Crippen molar-refractivity contribution in [2.24, 2.45) is 0 Å². The number of nitrogens with one attached hydrogen (secondary N) is 1. The van der Waals surface area contributed by atoms with Gasteiger partial charge in [0.1, 0.15) is 18.0 Å². The van der Waals surface area contributed by atoms with Gasteiger partial charge in [0.25, 0.3) is 5.56 Å². The molecule has 0 spiro atoms. The molecule has 6 heteroatoms. The quantitative estimate of drug-likeness (QED) is 0.463. The molecule has 0 aliphatic carbocycles. The van der Waals surface area contributed by atoms with Gasteiger partial charge >= 0.3 is 0 Å². The third-order valence-electron chi connectivity index (χ3n) is 5.38. The standard InChI is InChI=1S/C26H25N3O3/c1-3-22(19-9-5-4-6-10-19)26(31)28-20-13-12-18(2)23(15-20)32-17-21-16-25(30)29-14-8-7-11-24(29)27-21/h4-16,22H,3,17H2,1-2H3,(H,28,31)/t22-/m0/s1. The Morgan fingerprint density at radius 2 is 1.84 bits per heavy atom. The van der Waals surface area contributed by atoms with Crippen LogP contribution in [-0.4, -0.2) is 15.3 Å². The van der Waals surface area contributed by atoms with Crippen LogP contribution in [0.25, 0.3) is 5.65 Å². The zero-order valence-corrected chi connectivity index (χ0v) is 18.1. The van der Waals surface area contributed by atoms with Gasteiger partial charge in [0.05, 0.1) is 11.6 Å². The number of benzene rings is 2. The van der Waals surface area contributed by atoms with Crippen molar-refractivity contribution in [3.05, 3.63) is 106 Å². The molecule has 2 aromatic carbocycles. The molecule has 0 fully saturated rings. The summed E-state index contributed by atoms with van der Waals surface area (Å²) >= 11 is 0. The number of fused-ring (bicyclic) bond motifs is 1. The van der Waals surface area contributed by atoms with E-state index in [1.807, 2.05) is 62.4 Å². The fourth-order valence-corrected chi connectivity index (χ4v) is 3.65. The SMILES string of the molecule is CC[C@H](C(=O)Nc1ccc(C)c(OCc2cc(=O)n3ccccc3n2)c1)c1ccccc1. The predicted molar refractivity (Wildman–Crippen MR) is 125 cm³/mol. The number of nitrogens with zero attached hydrogens (tertiary/aromatic N) is 2. The molecule has 4 rings (SSSR count). The molecule has 1 amide bonds. The number of hydrogen-bond acceptors (Lipinski definition) is 4. The Hall–Kier alpha value is -3.93. The van der Waals surface area contributed by atoms with E-state index in [1.54, 1.807) is 24.4 Å². The average Bonchev–Trinajstić information content (AvgIpc) is 2.80. The zero-order valence-electron chi connectivity index (χ0n) is 18.1. The molecule has 2 heterocycles. The molecule has 0 bridgehead atoms. The smallest absolute Gasteiger partial charge is 0.258 e. The lowest BCUT2D eigenvalue weighted by molar-refractivity contribution is -0.117. The van der Waals surface area contributed by atoms with E-state index in [9.17, 15) is 9.59 Å². The first kappa shape index (κ1) is 21.3. The lowest BCUT2D eigenvalue weighted by Gasteiger charge is -2.17. The minimum Gasteiger partial charge on any atom is -0.487 e. The molecule has 0 aliphatic rings. The van der Waals surface area contributed by atoms with Crippen molar-refractivity contribution in [1.29, 1.82) is 0 Å². The van der Waals surface area contributed by atoms with Crippen LogP contribution in [0.5, 0.6) is 5.75 Å².